The number of carbonyl (C=O) groups is 2. The van der Waals surface area contributed by atoms with Gasteiger partial charge in [0.2, 0.25) is 11.8 Å². The molecule has 0 aromatic carbocycles. The third-order valence-corrected chi connectivity index (χ3v) is 5.68. The van der Waals surface area contributed by atoms with Crippen LogP contribution in [-0.2, 0) is 17.9 Å². The normalized spacial score (nSPS) is 18.1. The lowest BCUT2D eigenvalue weighted by atomic mass is 10.1. The Morgan fingerprint density at radius 3 is 2.70 bits per heavy atom. The highest BCUT2D eigenvalue weighted by molar-refractivity contribution is 5.98. The molecule has 2 amide bonds. The zero-order chi connectivity index (χ0) is 19.6. The first-order chi connectivity index (χ1) is 13.0. The number of methoxy groups -OCH3 is 1. The van der Waals surface area contributed by atoms with Gasteiger partial charge in [-0.25, -0.2) is 4.98 Å². The van der Waals surface area contributed by atoms with Crippen molar-refractivity contribution < 1.29 is 14.3 Å². The van der Waals surface area contributed by atoms with Gasteiger partial charge in [-0.05, 0) is 39.4 Å². The minimum absolute atomic E-state index is 0.0380. The zero-order valence-electron chi connectivity index (χ0n) is 16.7. The fourth-order valence-electron chi connectivity index (χ4n) is 4.17. The monoisotopic (exact) mass is 374 g/mol. The van der Waals surface area contributed by atoms with Gasteiger partial charge in [0.1, 0.15) is 0 Å². The predicted molar refractivity (Wildman–Crippen MR) is 103 cm³/mol. The lowest BCUT2D eigenvalue weighted by Crippen LogP contribution is -2.42. The number of hydrogen-bond donors (Lipinski definition) is 1. The number of fused-ring (bicyclic) bond motifs is 1. The maximum atomic E-state index is 12.9. The Balaban J connectivity index is 1.76. The van der Waals surface area contributed by atoms with E-state index in [9.17, 15) is 9.59 Å². The van der Waals surface area contributed by atoms with Gasteiger partial charge in [-0.3, -0.25) is 14.5 Å². The summed E-state index contributed by atoms with van der Waals surface area (Å²) in [4.78, 5) is 33.7. The van der Waals surface area contributed by atoms with Crippen LogP contribution in [0.2, 0.25) is 0 Å². The quantitative estimate of drug-likeness (QED) is 0.790. The smallest absolute Gasteiger partial charge is 0.256 e. The molecule has 7 heteroatoms. The number of hydrogen-bond acceptors (Lipinski definition) is 5. The Morgan fingerprint density at radius 1 is 1.41 bits per heavy atom. The molecule has 1 aromatic rings. The molecule has 2 aliphatic rings. The molecular formula is C20H30N4O3. The molecule has 0 saturated heterocycles. The van der Waals surface area contributed by atoms with Crippen LogP contribution in [0.5, 0.6) is 5.88 Å². The minimum Gasteiger partial charge on any atom is -0.481 e. The largest absolute Gasteiger partial charge is 0.481 e. The fraction of sp³-hybridized carbons (Fsp3) is 0.650. The van der Waals surface area contributed by atoms with Crippen molar-refractivity contribution in [1.29, 1.82) is 0 Å². The van der Waals surface area contributed by atoms with Gasteiger partial charge in [0, 0.05) is 18.2 Å². The first kappa shape index (κ1) is 19.6. The van der Waals surface area contributed by atoms with E-state index in [0.29, 0.717) is 30.6 Å². The summed E-state index contributed by atoms with van der Waals surface area (Å²) in [5.41, 5.74) is 2.16. The van der Waals surface area contributed by atoms with Crippen molar-refractivity contribution in [3.05, 3.63) is 22.9 Å². The van der Waals surface area contributed by atoms with Crippen LogP contribution in [0.25, 0.3) is 0 Å². The number of nitrogens with one attached hydrogen (secondary N) is 1. The first-order valence-corrected chi connectivity index (χ1v) is 9.78. The average molecular weight is 374 g/mol. The Kier molecular flexibility index (Phi) is 5.99. The van der Waals surface area contributed by atoms with Gasteiger partial charge >= 0.3 is 0 Å². The number of ether oxygens (including phenoxy) is 1. The molecule has 1 atom stereocenters. The van der Waals surface area contributed by atoms with Crippen LogP contribution in [0.3, 0.4) is 0 Å². The molecule has 0 bridgehead atoms. The number of carbonyl (C=O) groups excluding carboxylic acids is 2. The summed E-state index contributed by atoms with van der Waals surface area (Å²) >= 11 is 0. The molecule has 1 N–H and O–H groups in total. The Bertz CT molecular complexity index is 713. The number of likely N-dealkylation sites (N-methyl/N-ethyl adjacent to an activating group) is 1. The Labute approximate surface area is 161 Å². The molecule has 7 nitrogen and oxygen atoms in total. The van der Waals surface area contributed by atoms with Crippen LogP contribution in [0.15, 0.2) is 6.07 Å². The summed E-state index contributed by atoms with van der Waals surface area (Å²) in [5.74, 6) is 0.497. The number of rotatable bonds is 7. The summed E-state index contributed by atoms with van der Waals surface area (Å²) in [6.45, 7) is 2.84. The summed E-state index contributed by atoms with van der Waals surface area (Å²) in [6, 6.07) is 1.99. The van der Waals surface area contributed by atoms with Gasteiger partial charge in [-0.1, -0.05) is 19.8 Å². The van der Waals surface area contributed by atoms with E-state index in [-0.39, 0.29) is 17.9 Å². The van der Waals surface area contributed by atoms with Gasteiger partial charge in [0.05, 0.1) is 31.0 Å². The maximum Gasteiger partial charge on any atom is 0.256 e. The number of pyridine rings is 1. The highest BCUT2D eigenvalue weighted by atomic mass is 16.5. The molecular weight excluding hydrogens is 344 g/mol. The van der Waals surface area contributed by atoms with E-state index in [2.05, 4.69) is 10.3 Å². The van der Waals surface area contributed by atoms with Gasteiger partial charge in [0.15, 0.2) is 0 Å². The molecule has 1 saturated carbocycles. The maximum absolute atomic E-state index is 12.9. The zero-order valence-corrected chi connectivity index (χ0v) is 16.7. The van der Waals surface area contributed by atoms with Crippen molar-refractivity contribution in [2.45, 2.75) is 64.2 Å². The fourth-order valence-corrected chi connectivity index (χ4v) is 4.17. The van der Waals surface area contributed by atoms with Crippen LogP contribution in [0.1, 0.15) is 60.6 Å². The number of aromatic nitrogens is 1. The molecule has 1 aromatic heterocycles. The molecule has 0 spiro atoms. The highest BCUT2D eigenvalue weighted by Crippen LogP contribution is 2.33. The molecule has 1 aliphatic carbocycles. The first-order valence-electron chi connectivity index (χ1n) is 9.78. The van der Waals surface area contributed by atoms with Crippen LogP contribution in [0, 0.1) is 0 Å². The Hall–Kier alpha value is -2.15. The third-order valence-electron chi connectivity index (χ3n) is 5.68. The van der Waals surface area contributed by atoms with Gasteiger partial charge in [-0.2, -0.15) is 0 Å². The molecule has 27 heavy (non-hydrogen) atoms. The van der Waals surface area contributed by atoms with Crippen molar-refractivity contribution in [3.8, 4) is 5.88 Å². The molecule has 0 radical (unpaired) electrons. The highest BCUT2D eigenvalue weighted by Gasteiger charge is 2.36. The lowest BCUT2D eigenvalue weighted by Gasteiger charge is -2.22. The summed E-state index contributed by atoms with van der Waals surface area (Å²) in [6.07, 6.45) is 5.24. The van der Waals surface area contributed by atoms with E-state index in [0.717, 1.165) is 30.5 Å². The summed E-state index contributed by atoms with van der Waals surface area (Å²) in [5, 5.41) is 2.95. The number of amides is 2. The summed E-state index contributed by atoms with van der Waals surface area (Å²) in [7, 11) is 5.35. The molecule has 1 unspecified atom stereocenters. The molecule has 1 aliphatic heterocycles. The van der Waals surface area contributed by atoms with Crippen LogP contribution < -0.4 is 10.1 Å². The summed E-state index contributed by atoms with van der Waals surface area (Å²) < 4.78 is 5.43. The van der Waals surface area contributed by atoms with E-state index in [1.165, 1.54) is 12.8 Å². The molecule has 2 heterocycles. The molecule has 3 rings (SSSR count). The van der Waals surface area contributed by atoms with Crippen molar-refractivity contribution in [2.75, 3.05) is 21.2 Å². The van der Waals surface area contributed by atoms with E-state index in [4.69, 9.17) is 4.74 Å². The third kappa shape index (κ3) is 3.93. The van der Waals surface area contributed by atoms with E-state index in [1.54, 1.807) is 7.11 Å². The van der Waals surface area contributed by atoms with Crippen molar-refractivity contribution in [1.82, 2.24) is 20.1 Å². The number of nitrogens with zero attached hydrogens (tertiary/aromatic N) is 3. The van der Waals surface area contributed by atoms with Crippen LogP contribution in [-0.4, -0.2) is 59.9 Å². The second-order valence-electron chi connectivity index (χ2n) is 7.63. The van der Waals surface area contributed by atoms with Gasteiger partial charge in [0.25, 0.3) is 5.91 Å². The van der Waals surface area contributed by atoms with Crippen LogP contribution >= 0.6 is 0 Å². The predicted octanol–water partition coefficient (Wildman–Crippen LogP) is 1.94. The minimum atomic E-state index is -0.183. The van der Waals surface area contributed by atoms with Gasteiger partial charge in [-0.15, -0.1) is 0 Å². The standard InChI is InChI=1S/C20H30N4O3/c1-5-17(23(2)3)18(25)21-11-13-10-15-16(22-19(13)27-4)12-24(20(15)26)14-8-6-7-9-14/h10,14,17H,5-9,11-12H2,1-4H3,(H,21,25). The van der Waals surface area contributed by atoms with Crippen molar-refractivity contribution in [2.24, 2.45) is 0 Å². The van der Waals surface area contributed by atoms with E-state index in [1.807, 2.05) is 36.9 Å². The second-order valence-corrected chi connectivity index (χ2v) is 7.63. The van der Waals surface area contributed by atoms with Gasteiger partial charge < -0.3 is 15.0 Å². The topological polar surface area (TPSA) is 74.8 Å². The van der Waals surface area contributed by atoms with E-state index >= 15 is 0 Å². The SMILES string of the molecule is CCC(C(=O)NCc1cc2c(nc1OC)CN(C1CCCC1)C2=O)N(C)C. The molecule has 148 valence electrons. The second kappa shape index (κ2) is 8.25. The van der Waals surface area contributed by atoms with E-state index < -0.39 is 0 Å². The van der Waals surface area contributed by atoms with Crippen molar-refractivity contribution in [3.63, 3.8) is 0 Å². The average Bonchev–Trinajstić information content (AvgIpc) is 3.27. The molecule has 1 fully saturated rings. The van der Waals surface area contributed by atoms with Crippen molar-refractivity contribution >= 4 is 11.8 Å². The Morgan fingerprint density at radius 2 is 2.11 bits per heavy atom. The van der Waals surface area contributed by atoms with Crippen LogP contribution in [0.4, 0.5) is 0 Å². The lowest BCUT2D eigenvalue weighted by molar-refractivity contribution is -0.125.